The number of aldehydes is 1. The number of carbonyl (C=O) groups is 2. The number of likely N-dealkylation sites (N-methyl/N-ethyl adjacent to an activating group) is 1. The number of nitrogens with zero attached hydrogens (tertiary/aromatic N) is 2. The summed E-state index contributed by atoms with van der Waals surface area (Å²) >= 11 is 0. The van der Waals surface area contributed by atoms with Crippen LogP contribution in [0.15, 0.2) is 30.6 Å². The molecule has 9 heteroatoms. The average Bonchev–Trinajstić information content (AvgIpc) is 3.34. The smallest absolute Gasteiger partial charge is 0.290 e. The Morgan fingerprint density at radius 3 is 2.35 bits per heavy atom. The van der Waals surface area contributed by atoms with Gasteiger partial charge in [0.25, 0.3) is 6.47 Å². The van der Waals surface area contributed by atoms with E-state index in [1.165, 1.54) is 46.8 Å². The minimum atomic E-state index is -0.500. The second-order valence-electron chi connectivity index (χ2n) is 11.4. The maximum Gasteiger partial charge on any atom is 0.290 e. The molecule has 2 aromatic carbocycles. The molecule has 3 heterocycles. The van der Waals surface area contributed by atoms with Gasteiger partial charge in [-0.2, -0.15) is 0 Å². The number of carboxylic acid groups (broad SMARTS) is 1. The van der Waals surface area contributed by atoms with Gasteiger partial charge in [-0.25, -0.2) is 4.39 Å². The summed E-state index contributed by atoms with van der Waals surface area (Å²) in [4.78, 5) is 24.6. The second kappa shape index (κ2) is 16.0. The molecule has 5 rings (SSSR count). The fourth-order valence-electron chi connectivity index (χ4n) is 5.19. The van der Waals surface area contributed by atoms with Crippen molar-refractivity contribution < 1.29 is 33.7 Å². The van der Waals surface area contributed by atoms with Gasteiger partial charge in [0.05, 0.1) is 25.5 Å². The number of aromatic nitrogens is 1. The van der Waals surface area contributed by atoms with Crippen molar-refractivity contribution in [2.45, 2.75) is 72.8 Å². The van der Waals surface area contributed by atoms with Crippen LogP contribution in [0.5, 0.6) is 11.5 Å². The lowest BCUT2D eigenvalue weighted by atomic mass is 9.84. The molecule has 0 amide bonds. The summed E-state index contributed by atoms with van der Waals surface area (Å²) in [5.74, 6) is 0.871. The number of fused-ring (bicyclic) bond motifs is 2. The molecule has 0 spiro atoms. The van der Waals surface area contributed by atoms with Crippen LogP contribution in [0.25, 0.3) is 11.1 Å². The van der Waals surface area contributed by atoms with Crippen LogP contribution >= 0.6 is 0 Å². The van der Waals surface area contributed by atoms with Crippen molar-refractivity contribution >= 4 is 18.4 Å². The van der Waals surface area contributed by atoms with Crippen molar-refractivity contribution in [3.8, 4) is 22.6 Å². The van der Waals surface area contributed by atoms with Gasteiger partial charge < -0.3 is 24.6 Å². The van der Waals surface area contributed by atoms with Crippen LogP contribution in [0, 0.1) is 19.7 Å². The lowest BCUT2D eigenvalue weighted by Gasteiger charge is -2.25. The van der Waals surface area contributed by atoms with Crippen molar-refractivity contribution in [2.24, 2.45) is 0 Å². The predicted molar refractivity (Wildman–Crippen MR) is 168 cm³/mol. The number of ether oxygens (including phenoxy) is 2. The predicted octanol–water partition coefficient (Wildman–Crippen LogP) is 6.37. The van der Waals surface area contributed by atoms with Crippen LogP contribution < -0.4 is 14.4 Å². The summed E-state index contributed by atoms with van der Waals surface area (Å²) in [6.07, 6.45) is 7.63. The van der Waals surface area contributed by atoms with Gasteiger partial charge in [0.15, 0.2) is 17.9 Å². The number of aryl methyl sites for hydroxylation is 1. The van der Waals surface area contributed by atoms with Gasteiger partial charge in [0.1, 0.15) is 5.75 Å². The number of hydrogen-bond acceptors (Lipinski definition) is 7. The zero-order valence-electron chi connectivity index (χ0n) is 26.6. The van der Waals surface area contributed by atoms with Gasteiger partial charge in [-0.15, -0.1) is 0 Å². The minimum absolute atomic E-state index is 0.209. The third-order valence-corrected chi connectivity index (χ3v) is 7.02. The van der Waals surface area contributed by atoms with Crippen molar-refractivity contribution in [3.05, 3.63) is 69.8 Å². The normalized spacial score (nSPS) is 12.9. The van der Waals surface area contributed by atoms with Crippen molar-refractivity contribution in [3.63, 3.8) is 0 Å². The first-order valence-corrected chi connectivity index (χ1v) is 14.4. The molecule has 0 fully saturated rings. The number of halogens is 1. The fraction of sp³-hybridized carbons (Fsp3) is 0.441. The zero-order valence-corrected chi connectivity index (χ0v) is 26.6. The summed E-state index contributed by atoms with van der Waals surface area (Å²) in [7, 11) is 3.68. The highest BCUT2D eigenvalue weighted by atomic mass is 19.1. The number of benzene rings is 2. The summed E-state index contributed by atoms with van der Waals surface area (Å²) < 4.78 is 25.3. The van der Waals surface area contributed by atoms with E-state index in [0.717, 1.165) is 49.6 Å². The van der Waals surface area contributed by atoms with E-state index >= 15 is 0 Å². The van der Waals surface area contributed by atoms with Crippen LogP contribution in [0.2, 0.25) is 0 Å². The van der Waals surface area contributed by atoms with Gasteiger partial charge in [0, 0.05) is 36.6 Å². The molecule has 0 unspecified atom stereocenters. The van der Waals surface area contributed by atoms with E-state index in [2.05, 4.69) is 43.8 Å². The van der Waals surface area contributed by atoms with Crippen molar-refractivity contribution in [1.29, 1.82) is 0 Å². The Kier molecular flexibility index (Phi) is 13.1. The highest BCUT2D eigenvalue weighted by Crippen LogP contribution is 2.44. The number of rotatable bonds is 4. The number of methoxy groups -OCH3 is 1. The first kappa shape index (κ1) is 35.2. The monoisotopic (exact) mass is 596 g/mol. The Balaban J connectivity index is 0.000000295. The van der Waals surface area contributed by atoms with E-state index in [9.17, 15) is 9.18 Å². The SMILES string of the molecule is CC(C)(C)O.CCc1c(C)cc2c(c1-c1cc(F)c3c(c1C)CCCO3)CCN2C.COc1cncc(C=O)c1.O=CO. The molecule has 3 aromatic rings. The Labute approximate surface area is 254 Å². The molecule has 0 radical (unpaired) electrons. The van der Waals surface area contributed by atoms with Gasteiger partial charge in [0.2, 0.25) is 0 Å². The lowest BCUT2D eigenvalue weighted by Crippen LogP contribution is -2.13. The number of carbonyl (C=O) groups excluding carboxylic acids is 1. The largest absolute Gasteiger partial charge is 0.495 e. The molecule has 234 valence electrons. The second-order valence-corrected chi connectivity index (χ2v) is 11.4. The van der Waals surface area contributed by atoms with Gasteiger partial charge >= 0.3 is 0 Å². The average molecular weight is 597 g/mol. The highest BCUT2D eigenvalue weighted by Gasteiger charge is 2.27. The fourth-order valence-corrected chi connectivity index (χ4v) is 5.19. The molecule has 0 saturated heterocycles. The number of aliphatic hydroxyl groups is 1. The van der Waals surface area contributed by atoms with Gasteiger partial charge in [-0.3, -0.25) is 14.6 Å². The topological polar surface area (TPSA) is 109 Å². The third-order valence-electron chi connectivity index (χ3n) is 7.02. The summed E-state index contributed by atoms with van der Waals surface area (Å²) in [6.45, 7) is 13.1. The summed E-state index contributed by atoms with van der Waals surface area (Å²) in [6, 6.07) is 5.64. The molecular weight excluding hydrogens is 551 g/mol. The standard InChI is InChI=1S/C22H26FNO.C7H7NO2.C4H10O.CH2O2/c1-5-15-13(2)11-20-17(8-9-24(20)4)21(15)18-12-19(23)22-16(14(18)3)7-6-10-25-22;1-10-7-2-6(5-9)3-8-4-7;1-4(2,3)5;2-1-3/h11-12H,5-10H2,1-4H3;2-5H,1H3;5H,1-3H3;1H,(H,2,3). The van der Waals surface area contributed by atoms with Gasteiger partial charge in [-0.05, 0) is 112 Å². The third kappa shape index (κ3) is 9.51. The molecule has 0 saturated carbocycles. The van der Waals surface area contributed by atoms with Crippen LogP contribution in [-0.4, -0.2) is 60.9 Å². The highest BCUT2D eigenvalue weighted by molar-refractivity contribution is 5.83. The van der Waals surface area contributed by atoms with Gasteiger partial charge in [-0.1, -0.05) is 6.92 Å². The summed E-state index contributed by atoms with van der Waals surface area (Å²) in [5, 5.41) is 15.4. The van der Waals surface area contributed by atoms with Crippen LogP contribution in [0.4, 0.5) is 10.1 Å². The van der Waals surface area contributed by atoms with E-state index in [1.807, 2.05) is 0 Å². The number of pyridine rings is 1. The van der Waals surface area contributed by atoms with E-state index in [-0.39, 0.29) is 12.3 Å². The number of anilines is 1. The van der Waals surface area contributed by atoms with E-state index < -0.39 is 5.60 Å². The maximum atomic E-state index is 14.8. The lowest BCUT2D eigenvalue weighted by molar-refractivity contribution is -0.122. The van der Waals surface area contributed by atoms with E-state index in [0.29, 0.717) is 23.7 Å². The van der Waals surface area contributed by atoms with E-state index in [4.69, 9.17) is 24.5 Å². The minimum Gasteiger partial charge on any atom is -0.495 e. The van der Waals surface area contributed by atoms with Crippen molar-refractivity contribution in [2.75, 3.05) is 32.2 Å². The molecule has 1 aromatic heterocycles. The quantitative estimate of drug-likeness (QED) is 0.335. The van der Waals surface area contributed by atoms with Crippen molar-refractivity contribution in [1.82, 2.24) is 4.98 Å². The van der Waals surface area contributed by atoms with Crippen LogP contribution in [-0.2, 0) is 24.1 Å². The molecule has 0 atom stereocenters. The molecular formula is C34H45FN2O6. The zero-order chi connectivity index (χ0) is 32.3. The Morgan fingerprint density at radius 2 is 1.77 bits per heavy atom. The molecule has 2 aliphatic rings. The Morgan fingerprint density at radius 1 is 1.12 bits per heavy atom. The molecule has 2 aliphatic heterocycles. The molecule has 8 nitrogen and oxygen atoms in total. The van der Waals surface area contributed by atoms with Crippen LogP contribution in [0.1, 0.15) is 72.3 Å². The molecule has 2 N–H and O–H groups in total. The molecule has 0 bridgehead atoms. The Bertz CT molecular complexity index is 1390. The molecule has 0 aliphatic carbocycles. The maximum absolute atomic E-state index is 14.8. The Hall–Kier alpha value is -3.98. The molecule has 43 heavy (non-hydrogen) atoms. The van der Waals surface area contributed by atoms with E-state index in [1.54, 1.807) is 39.1 Å². The van der Waals surface area contributed by atoms with Crippen LogP contribution in [0.3, 0.4) is 0 Å². The first-order chi connectivity index (χ1) is 20.3. The summed E-state index contributed by atoms with van der Waals surface area (Å²) in [5.41, 5.74) is 9.95. The first-order valence-electron chi connectivity index (χ1n) is 14.4. The number of hydrogen-bond donors (Lipinski definition) is 2.